The topological polar surface area (TPSA) is 30.5 Å². The molecule has 0 bridgehead atoms. The monoisotopic (exact) mass is 241 g/mol. The van der Waals surface area contributed by atoms with E-state index in [1.807, 2.05) is 25.1 Å². The van der Waals surface area contributed by atoms with E-state index in [1.165, 1.54) is 0 Å². The van der Waals surface area contributed by atoms with Crippen LogP contribution in [0.25, 0.3) is 0 Å². The highest BCUT2D eigenvalue weighted by Crippen LogP contribution is 2.28. The molecule has 0 spiro atoms. The van der Waals surface area contributed by atoms with E-state index in [9.17, 15) is 4.39 Å². The van der Waals surface area contributed by atoms with E-state index < -0.39 is 6.67 Å². The maximum atomic E-state index is 12.1. The second-order valence-electron chi connectivity index (χ2n) is 3.53. The molecule has 0 aliphatic rings. The summed E-state index contributed by atoms with van der Waals surface area (Å²) in [5.41, 5.74) is 1.13. The Morgan fingerprint density at radius 1 is 1.18 bits per heavy atom. The molecule has 0 fully saturated rings. The van der Waals surface area contributed by atoms with Crippen molar-refractivity contribution in [3.05, 3.63) is 23.8 Å². The second-order valence-corrected chi connectivity index (χ2v) is 3.53. The Balaban J connectivity index is 2.75. The quantitative estimate of drug-likeness (QED) is 0.758. The van der Waals surface area contributed by atoms with Crippen LogP contribution in [0.1, 0.15) is 19.4 Å². The van der Waals surface area contributed by atoms with Crippen molar-refractivity contribution in [2.45, 2.75) is 20.4 Å². The third-order valence-electron chi connectivity index (χ3n) is 2.22. The molecule has 4 heteroatoms. The van der Waals surface area contributed by atoms with Gasteiger partial charge in [0.1, 0.15) is 13.3 Å². The number of hydrogen-bond donors (Lipinski definition) is 1. The van der Waals surface area contributed by atoms with E-state index in [1.54, 1.807) is 0 Å². The fourth-order valence-electron chi connectivity index (χ4n) is 1.47. The minimum atomic E-state index is -0.495. The van der Waals surface area contributed by atoms with Gasteiger partial charge < -0.3 is 14.8 Å². The minimum absolute atomic E-state index is 0.0621. The lowest BCUT2D eigenvalue weighted by molar-refractivity contribution is 0.251. The number of ether oxygens (including phenoxy) is 2. The van der Waals surface area contributed by atoms with Gasteiger partial charge in [-0.2, -0.15) is 0 Å². The molecule has 0 aromatic heterocycles. The molecule has 0 heterocycles. The van der Waals surface area contributed by atoms with Crippen LogP contribution in [0, 0.1) is 0 Å². The number of halogens is 1. The van der Waals surface area contributed by atoms with Crippen LogP contribution < -0.4 is 14.8 Å². The summed E-state index contributed by atoms with van der Waals surface area (Å²) in [5, 5.41) is 3.24. The highest BCUT2D eigenvalue weighted by atomic mass is 19.1. The van der Waals surface area contributed by atoms with E-state index >= 15 is 0 Å². The predicted octanol–water partition coefficient (Wildman–Crippen LogP) is 2.54. The smallest absolute Gasteiger partial charge is 0.161 e. The molecule has 0 aliphatic heterocycles. The van der Waals surface area contributed by atoms with Gasteiger partial charge in [0.15, 0.2) is 11.5 Å². The van der Waals surface area contributed by atoms with E-state index in [0.717, 1.165) is 18.7 Å². The van der Waals surface area contributed by atoms with Crippen molar-refractivity contribution < 1.29 is 13.9 Å². The number of benzene rings is 1. The summed E-state index contributed by atoms with van der Waals surface area (Å²) in [5.74, 6) is 1.28. The Kier molecular flexibility index (Phi) is 6.40. The molecule has 96 valence electrons. The van der Waals surface area contributed by atoms with Crippen molar-refractivity contribution in [2.24, 2.45) is 0 Å². The van der Waals surface area contributed by atoms with Crippen LogP contribution in [0.15, 0.2) is 18.2 Å². The summed E-state index contributed by atoms with van der Waals surface area (Å²) < 4.78 is 22.8. The van der Waals surface area contributed by atoms with E-state index in [2.05, 4.69) is 12.2 Å². The van der Waals surface area contributed by atoms with Gasteiger partial charge in [0.25, 0.3) is 0 Å². The Morgan fingerprint density at radius 2 is 2.00 bits per heavy atom. The first-order valence-electron chi connectivity index (χ1n) is 5.97. The highest BCUT2D eigenvalue weighted by Gasteiger charge is 2.06. The lowest BCUT2D eigenvalue weighted by Gasteiger charge is -2.12. The van der Waals surface area contributed by atoms with Crippen molar-refractivity contribution in [2.75, 3.05) is 26.4 Å². The highest BCUT2D eigenvalue weighted by molar-refractivity contribution is 5.43. The van der Waals surface area contributed by atoms with Crippen LogP contribution in [0.4, 0.5) is 4.39 Å². The van der Waals surface area contributed by atoms with Gasteiger partial charge in [0, 0.05) is 6.54 Å². The van der Waals surface area contributed by atoms with Gasteiger partial charge in [-0.05, 0) is 31.2 Å². The number of alkyl halides is 1. The first kappa shape index (κ1) is 13.8. The van der Waals surface area contributed by atoms with E-state index in [-0.39, 0.29) is 6.61 Å². The number of hydrogen-bond acceptors (Lipinski definition) is 3. The van der Waals surface area contributed by atoms with Crippen molar-refractivity contribution in [3.63, 3.8) is 0 Å². The third-order valence-corrected chi connectivity index (χ3v) is 2.22. The first-order valence-corrected chi connectivity index (χ1v) is 5.97. The zero-order valence-corrected chi connectivity index (χ0v) is 10.5. The molecular weight excluding hydrogens is 221 g/mol. The molecule has 0 amide bonds. The Hall–Kier alpha value is -1.29. The van der Waals surface area contributed by atoms with Gasteiger partial charge in [0.2, 0.25) is 0 Å². The molecule has 1 rings (SSSR count). The summed E-state index contributed by atoms with van der Waals surface area (Å²) in [6.45, 7) is 5.82. The van der Waals surface area contributed by atoms with Crippen LogP contribution in [0.3, 0.4) is 0 Å². The average molecular weight is 241 g/mol. The normalized spacial score (nSPS) is 10.3. The molecule has 1 N–H and O–H groups in total. The Morgan fingerprint density at radius 3 is 2.65 bits per heavy atom. The van der Waals surface area contributed by atoms with Crippen LogP contribution in [0.2, 0.25) is 0 Å². The summed E-state index contributed by atoms with van der Waals surface area (Å²) in [6.07, 6.45) is 0. The zero-order valence-electron chi connectivity index (χ0n) is 10.5. The Bertz CT molecular complexity index is 331. The van der Waals surface area contributed by atoms with Crippen molar-refractivity contribution in [1.82, 2.24) is 5.32 Å². The third kappa shape index (κ3) is 4.61. The van der Waals surface area contributed by atoms with Crippen molar-refractivity contribution in [3.8, 4) is 11.5 Å². The molecule has 0 atom stereocenters. The predicted molar refractivity (Wildman–Crippen MR) is 66.5 cm³/mol. The van der Waals surface area contributed by atoms with Crippen LogP contribution in [0.5, 0.6) is 11.5 Å². The molecule has 0 unspecified atom stereocenters. The maximum absolute atomic E-state index is 12.1. The standard InChI is InChI=1S/C13H20FNO2/c1-3-15-10-11-5-6-12(17-8-7-14)13(9-11)16-4-2/h5-6,9,15H,3-4,7-8,10H2,1-2H3. The van der Waals surface area contributed by atoms with Crippen LogP contribution >= 0.6 is 0 Å². The SMILES string of the molecule is CCNCc1ccc(OCCF)c(OCC)c1. The lowest BCUT2D eigenvalue weighted by Crippen LogP contribution is -2.12. The molecule has 1 aromatic carbocycles. The summed E-state index contributed by atoms with van der Waals surface area (Å²) in [7, 11) is 0. The van der Waals surface area contributed by atoms with Gasteiger partial charge in [-0.1, -0.05) is 13.0 Å². The van der Waals surface area contributed by atoms with Gasteiger partial charge in [-0.15, -0.1) is 0 Å². The lowest BCUT2D eigenvalue weighted by atomic mass is 10.2. The second kappa shape index (κ2) is 7.90. The Labute approximate surface area is 102 Å². The number of rotatable bonds is 8. The first-order chi connectivity index (χ1) is 8.31. The van der Waals surface area contributed by atoms with Crippen LogP contribution in [-0.2, 0) is 6.54 Å². The minimum Gasteiger partial charge on any atom is -0.490 e. The summed E-state index contributed by atoms with van der Waals surface area (Å²) in [6, 6.07) is 5.71. The van der Waals surface area contributed by atoms with Gasteiger partial charge in [-0.25, -0.2) is 4.39 Å². The molecule has 0 saturated carbocycles. The van der Waals surface area contributed by atoms with Crippen LogP contribution in [-0.4, -0.2) is 26.4 Å². The molecule has 3 nitrogen and oxygen atoms in total. The molecule has 0 radical (unpaired) electrons. The van der Waals surface area contributed by atoms with Crippen molar-refractivity contribution >= 4 is 0 Å². The van der Waals surface area contributed by atoms with Gasteiger partial charge in [0.05, 0.1) is 6.61 Å². The molecular formula is C13H20FNO2. The fraction of sp³-hybridized carbons (Fsp3) is 0.538. The molecule has 17 heavy (non-hydrogen) atoms. The van der Waals surface area contributed by atoms with E-state index in [4.69, 9.17) is 9.47 Å². The maximum Gasteiger partial charge on any atom is 0.161 e. The van der Waals surface area contributed by atoms with E-state index in [0.29, 0.717) is 18.1 Å². The molecule has 0 aliphatic carbocycles. The van der Waals surface area contributed by atoms with Gasteiger partial charge in [-0.3, -0.25) is 0 Å². The summed E-state index contributed by atoms with van der Waals surface area (Å²) >= 11 is 0. The summed E-state index contributed by atoms with van der Waals surface area (Å²) in [4.78, 5) is 0. The largest absolute Gasteiger partial charge is 0.490 e. The molecule has 1 aromatic rings. The average Bonchev–Trinajstić information content (AvgIpc) is 2.35. The fourth-order valence-corrected chi connectivity index (χ4v) is 1.47. The van der Waals surface area contributed by atoms with Crippen molar-refractivity contribution in [1.29, 1.82) is 0 Å². The van der Waals surface area contributed by atoms with Gasteiger partial charge >= 0.3 is 0 Å². The number of nitrogens with one attached hydrogen (secondary N) is 1. The molecule has 0 saturated heterocycles. The zero-order chi connectivity index (χ0) is 12.5.